The summed E-state index contributed by atoms with van der Waals surface area (Å²) in [5, 5.41) is 3.42. The van der Waals surface area contributed by atoms with Crippen molar-refractivity contribution in [1.82, 2.24) is 15.2 Å². The Balaban J connectivity index is 1.86. The molecule has 1 saturated heterocycles. The molecule has 19 heavy (non-hydrogen) atoms. The molecule has 2 rings (SSSR count). The van der Waals surface area contributed by atoms with E-state index >= 15 is 0 Å². The average Bonchev–Trinajstić information content (AvgIpc) is 2.47. The van der Waals surface area contributed by atoms with Crippen molar-refractivity contribution in [3.63, 3.8) is 0 Å². The number of aromatic nitrogens is 1. The molecule has 4 heteroatoms. The highest BCUT2D eigenvalue weighted by Gasteiger charge is 2.27. The Labute approximate surface area is 116 Å². The number of piperazine rings is 1. The van der Waals surface area contributed by atoms with Gasteiger partial charge in [-0.25, -0.2) is 0 Å². The molecule has 1 aromatic rings. The lowest BCUT2D eigenvalue weighted by atomic mass is 9.97. The zero-order valence-electron chi connectivity index (χ0n) is 12.4. The molecular weight excluding hydrogens is 236 g/mol. The van der Waals surface area contributed by atoms with Crippen LogP contribution in [0.4, 0.5) is 5.69 Å². The van der Waals surface area contributed by atoms with Crippen molar-refractivity contribution >= 4 is 5.69 Å². The molecule has 0 radical (unpaired) electrons. The fourth-order valence-corrected chi connectivity index (χ4v) is 2.60. The normalized spacial score (nSPS) is 17.4. The van der Waals surface area contributed by atoms with Crippen molar-refractivity contribution in [2.75, 3.05) is 44.7 Å². The fraction of sp³-hybridized carbons (Fsp3) is 0.667. The van der Waals surface area contributed by atoms with Gasteiger partial charge in [-0.1, -0.05) is 0 Å². The highest BCUT2D eigenvalue weighted by molar-refractivity contribution is 5.43. The van der Waals surface area contributed by atoms with Crippen LogP contribution in [0.1, 0.15) is 20.3 Å². The SMILES string of the molecule is CN(CCC(C)(C)N1CCNCC1)c1ccncc1. The molecule has 106 valence electrons. The molecule has 1 aliphatic heterocycles. The maximum absolute atomic E-state index is 4.07. The van der Waals surface area contributed by atoms with Crippen LogP contribution in [-0.2, 0) is 0 Å². The minimum absolute atomic E-state index is 0.267. The maximum Gasteiger partial charge on any atom is 0.0394 e. The second kappa shape index (κ2) is 6.35. The second-order valence-electron chi connectivity index (χ2n) is 5.93. The van der Waals surface area contributed by atoms with Crippen molar-refractivity contribution in [2.45, 2.75) is 25.8 Å². The quantitative estimate of drug-likeness (QED) is 0.873. The number of nitrogens with zero attached hydrogens (tertiary/aromatic N) is 3. The highest BCUT2D eigenvalue weighted by atomic mass is 15.2. The van der Waals surface area contributed by atoms with Crippen LogP contribution in [0.3, 0.4) is 0 Å². The molecule has 0 aromatic carbocycles. The summed E-state index contributed by atoms with van der Waals surface area (Å²) in [5.74, 6) is 0. The molecule has 0 saturated carbocycles. The lowest BCUT2D eigenvalue weighted by Crippen LogP contribution is -2.54. The van der Waals surface area contributed by atoms with E-state index in [2.05, 4.69) is 53.1 Å². The van der Waals surface area contributed by atoms with E-state index in [1.54, 1.807) is 0 Å². The smallest absolute Gasteiger partial charge is 0.0394 e. The van der Waals surface area contributed by atoms with Crippen LogP contribution in [0.5, 0.6) is 0 Å². The predicted octanol–water partition coefficient (Wildman–Crippen LogP) is 1.59. The molecule has 1 N–H and O–H groups in total. The predicted molar refractivity (Wildman–Crippen MR) is 80.6 cm³/mol. The summed E-state index contributed by atoms with van der Waals surface area (Å²) < 4.78 is 0. The molecule has 0 aliphatic carbocycles. The summed E-state index contributed by atoms with van der Waals surface area (Å²) in [6.45, 7) is 10.3. The first-order valence-corrected chi connectivity index (χ1v) is 7.16. The van der Waals surface area contributed by atoms with E-state index in [0.717, 1.165) is 32.7 Å². The number of hydrogen-bond donors (Lipinski definition) is 1. The van der Waals surface area contributed by atoms with Crippen molar-refractivity contribution in [3.05, 3.63) is 24.5 Å². The minimum Gasteiger partial charge on any atom is -0.374 e. The van der Waals surface area contributed by atoms with Gasteiger partial charge in [-0.3, -0.25) is 9.88 Å². The second-order valence-corrected chi connectivity index (χ2v) is 5.93. The van der Waals surface area contributed by atoms with Crippen molar-refractivity contribution in [2.24, 2.45) is 0 Å². The molecule has 2 heterocycles. The summed E-state index contributed by atoms with van der Waals surface area (Å²) in [6, 6.07) is 4.13. The Bertz CT molecular complexity index is 371. The molecular formula is C15H26N4. The number of nitrogens with one attached hydrogen (secondary N) is 1. The Kier molecular flexibility index (Phi) is 4.77. The first kappa shape index (κ1) is 14.3. The summed E-state index contributed by atoms with van der Waals surface area (Å²) in [7, 11) is 2.16. The van der Waals surface area contributed by atoms with Crippen molar-refractivity contribution in [1.29, 1.82) is 0 Å². The summed E-state index contributed by atoms with van der Waals surface area (Å²) in [4.78, 5) is 8.98. The molecule has 0 spiro atoms. The first-order chi connectivity index (χ1) is 9.09. The van der Waals surface area contributed by atoms with Crippen LogP contribution in [-0.4, -0.2) is 55.2 Å². The van der Waals surface area contributed by atoms with Crippen LogP contribution >= 0.6 is 0 Å². The Hall–Kier alpha value is -1.13. The fourth-order valence-electron chi connectivity index (χ4n) is 2.60. The number of hydrogen-bond acceptors (Lipinski definition) is 4. The van der Waals surface area contributed by atoms with Gasteiger partial charge in [0.25, 0.3) is 0 Å². The van der Waals surface area contributed by atoms with Gasteiger partial charge in [-0.05, 0) is 32.4 Å². The lowest BCUT2D eigenvalue weighted by molar-refractivity contribution is 0.0975. The van der Waals surface area contributed by atoms with E-state index in [-0.39, 0.29) is 5.54 Å². The van der Waals surface area contributed by atoms with Gasteiger partial charge in [0.05, 0.1) is 0 Å². The van der Waals surface area contributed by atoms with Crippen molar-refractivity contribution in [3.8, 4) is 0 Å². The van der Waals surface area contributed by atoms with Gasteiger partial charge >= 0.3 is 0 Å². The molecule has 0 bridgehead atoms. The number of pyridine rings is 1. The van der Waals surface area contributed by atoms with Gasteiger partial charge in [-0.2, -0.15) is 0 Å². The van der Waals surface area contributed by atoms with Crippen LogP contribution in [0.25, 0.3) is 0 Å². The van der Waals surface area contributed by atoms with Gasteiger partial charge in [0, 0.05) is 63.4 Å². The summed E-state index contributed by atoms with van der Waals surface area (Å²) in [6.07, 6.45) is 4.88. The van der Waals surface area contributed by atoms with Gasteiger partial charge in [-0.15, -0.1) is 0 Å². The zero-order chi connectivity index (χ0) is 13.7. The standard InChI is InChI=1S/C15H26N4/c1-15(2,19-12-9-17-10-13-19)6-11-18(3)14-4-7-16-8-5-14/h4-5,7-8,17H,6,9-13H2,1-3H3. The van der Waals surface area contributed by atoms with Gasteiger partial charge in [0.1, 0.15) is 0 Å². The topological polar surface area (TPSA) is 31.4 Å². The van der Waals surface area contributed by atoms with E-state index in [4.69, 9.17) is 0 Å². The van der Waals surface area contributed by atoms with Crippen LogP contribution < -0.4 is 10.2 Å². The zero-order valence-corrected chi connectivity index (χ0v) is 12.4. The van der Waals surface area contributed by atoms with Gasteiger partial charge in [0.2, 0.25) is 0 Å². The average molecular weight is 262 g/mol. The number of anilines is 1. The van der Waals surface area contributed by atoms with Crippen LogP contribution in [0, 0.1) is 0 Å². The van der Waals surface area contributed by atoms with Crippen LogP contribution in [0.2, 0.25) is 0 Å². The Morgan fingerprint density at radius 1 is 1.26 bits per heavy atom. The lowest BCUT2D eigenvalue weighted by Gasteiger charge is -2.42. The molecule has 1 fully saturated rings. The van der Waals surface area contributed by atoms with Gasteiger partial charge < -0.3 is 10.2 Å². The summed E-state index contributed by atoms with van der Waals surface area (Å²) in [5.41, 5.74) is 1.51. The monoisotopic (exact) mass is 262 g/mol. The van der Waals surface area contributed by atoms with E-state index < -0.39 is 0 Å². The summed E-state index contributed by atoms with van der Waals surface area (Å²) >= 11 is 0. The Morgan fingerprint density at radius 2 is 1.89 bits per heavy atom. The minimum atomic E-state index is 0.267. The molecule has 1 aromatic heterocycles. The van der Waals surface area contributed by atoms with E-state index in [1.807, 2.05) is 12.4 Å². The molecule has 0 atom stereocenters. The third-order valence-electron chi connectivity index (χ3n) is 4.14. The van der Waals surface area contributed by atoms with Gasteiger partial charge in [0.15, 0.2) is 0 Å². The maximum atomic E-state index is 4.07. The number of rotatable bonds is 5. The Morgan fingerprint density at radius 3 is 2.53 bits per heavy atom. The molecule has 0 amide bonds. The molecule has 1 aliphatic rings. The first-order valence-electron chi connectivity index (χ1n) is 7.16. The van der Waals surface area contributed by atoms with E-state index in [9.17, 15) is 0 Å². The van der Waals surface area contributed by atoms with Crippen LogP contribution in [0.15, 0.2) is 24.5 Å². The molecule has 4 nitrogen and oxygen atoms in total. The third kappa shape index (κ3) is 3.91. The van der Waals surface area contributed by atoms with Crippen molar-refractivity contribution < 1.29 is 0 Å². The molecule has 0 unspecified atom stereocenters. The third-order valence-corrected chi connectivity index (χ3v) is 4.14. The largest absolute Gasteiger partial charge is 0.374 e. The van der Waals surface area contributed by atoms with E-state index in [1.165, 1.54) is 12.1 Å². The van der Waals surface area contributed by atoms with E-state index in [0.29, 0.717) is 0 Å². The highest BCUT2D eigenvalue weighted by Crippen LogP contribution is 2.21.